The third kappa shape index (κ3) is 4.37. The molecule has 1 aliphatic heterocycles. The number of aryl methyl sites for hydroxylation is 2. The second-order valence-electron chi connectivity index (χ2n) is 8.44. The van der Waals surface area contributed by atoms with Crippen LogP contribution in [0, 0.1) is 12.7 Å². The van der Waals surface area contributed by atoms with Crippen molar-refractivity contribution in [3.63, 3.8) is 0 Å². The number of hydrogen-bond donors (Lipinski definition) is 1. The summed E-state index contributed by atoms with van der Waals surface area (Å²) < 4.78 is 42.5. The minimum Gasteiger partial charge on any atom is -0.363 e. The van der Waals surface area contributed by atoms with Gasteiger partial charge in [-0.15, -0.1) is 0 Å². The Balaban J connectivity index is 1.81. The number of benzene rings is 1. The SMILES string of the molecule is Cc1nc(NC(C)c2cccc(C(F)F)c2F)c2cc(C3=CCN(C)CC3)c(=O)n(C)c2n1. The molecular weight excluding hydrogens is 431 g/mol. The summed E-state index contributed by atoms with van der Waals surface area (Å²) in [6, 6.07) is 5.09. The smallest absolute Gasteiger partial charge is 0.266 e. The van der Waals surface area contributed by atoms with E-state index in [9.17, 15) is 18.0 Å². The number of fused-ring (bicyclic) bond motifs is 1. The van der Waals surface area contributed by atoms with Gasteiger partial charge in [0.25, 0.3) is 12.0 Å². The molecule has 174 valence electrons. The van der Waals surface area contributed by atoms with Gasteiger partial charge in [0, 0.05) is 31.3 Å². The summed E-state index contributed by atoms with van der Waals surface area (Å²) in [5.74, 6) is -0.0929. The van der Waals surface area contributed by atoms with E-state index in [-0.39, 0.29) is 11.1 Å². The number of aromatic nitrogens is 3. The van der Waals surface area contributed by atoms with Crippen LogP contribution < -0.4 is 10.9 Å². The number of alkyl halides is 2. The zero-order valence-corrected chi connectivity index (χ0v) is 19.0. The number of halogens is 3. The lowest BCUT2D eigenvalue weighted by Gasteiger charge is -2.23. The van der Waals surface area contributed by atoms with Gasteiger partial charge in [-0.3, -0.25) is 9.36 Å². The van der Waals surface area contributed by atoms with Crippen LogP contribution >= 0.6 is 0 Å². The molecule has 1 unspecified atom stereocenters. The number of hydrogen-bond acceptors (Lipinski definition) is 5. The van der Waals surface area contributed by atoms with Crippen molar-refractivity contribution in [3.8, 4) is 0 Å². The molecule has 1 N–H and O–H groups in total. The van der Waals surface area contributed by atoms with Gasteiger partial charge in [-0.2, -0.15) is 0 Å². The van der Waals surface area contributed by atoms with Crippen LogP contribution in [0.1, 0.15) is 48.3 Å². The summed E-state index contributed by atoms with van der Waals surface area (Å²) >= 11 is 0. The molecule has 0 amide bonds. The van der Waals surface area contributed by atoms with Gasteiger partial charge in [0.2, 0.25) is 0 Å². The molecule has 33 heavy (non-hydrogen) atoms. The van der Waals surface area contributed by atoms with Gasteiger partial charge in [0.15, 0.2) is 0 Å². The highest BCUT2D eigenvalue weighted by Gasteiger charge is 2.22. The quantitative estimate of drug-likeness (QED) is 0.607. The zero-order valence-electron chi connectivity index (χ0n) is 19.0. The molecule has 0 saturated heterocycles. The third-order valence-corrected chi connectivity index (χ3v) is 6.05. The Morgan fingerprint density at radius 3 is 2.55 bits per heavy atom. The van der Waals surface area contributed by atoms with E-state index >= 15 is 0 Å². The number of likely N-dealkylation sites (N-methyl/N-ethyl adjacent to an activating group) is 1. The van der Waals surface area contributed by atoms with Gasteiger partial charge in [-0.05, 0) is 39.0 Å². The van der Waals surface area contributed by atoms with Gasteiger partial charge in [-0.1, -0.05) is 24.3 Å². The highest BCUT2D eigenvalue weighted by molar-refractivity contribution is 5.89. The van der Waals surface area contributed by atoms with Crippen molar-refractivity contribution < 1.29 is 13.2 Å². The van der Waals surface area contributed by atoms with E-state index in [1.807, 2.05) is 13.1 Å². The molecule has 3 aromatic rings. The van der Waals surface area contributed by atoms with E-state index in [0.717, 1.165) is 31.1 Å². The average molecular weight is 458 g/mol. The molecule has 9 heteroatoms. The first kappa shape index (κ1) is 23.0. The Bertz CT molecular complexity index is 1300. The lowest BCUT2D eigenvalue weighted by molar-refractivity contribution is 0.146. The number of nitrogens with zero attached hydrogens (tertiary/aromatic N) is 4. The lowest BCUT2D eigenvalue weighted by Crippen LogP contribution is -2.27. The van der Waals surface area contributed by atoms with Crippen LogP contribution in [0.2, 0.25) is 0 Å². The minimum absolute atomic E-state index is 0.111. The maximum atomic E-state index is 14.7. The van der Waals surface area contributed by atoms with Crippen molar-refractivity contribution in [2.45, 2.75) is 32.7 Å². The lowest BCUT2D eigenvalue weighted by atomic mass is 9.99. The fraction of sp³-hybridized carbons (Fsp3) is 0.375. The van der Waals surface area contributed by atoms with Crippen LogP contribution in [-0.4, -0.2) is 39.6 Å². The van der Waals surface area contributed by atoms with Crippen molar-refractivity contribution in [2.24, 2.45) is 7.05 Å². The summed E-state index contributed by atoms with van der Waals surface area (Å²) in [5, 5.41) is 3.76. The first-order valence-electron chi connectivity index (χ1n) is 10.8. The normalized spacial score (nSPS) is 15.7. The van der Waals surface area contributed by atoms with Crippen molar-refractivity contribution in [1.29, 1.82) is 0 Å². The molecular formula is C24H26F3N5O. The molecule has 1 atom stereocenters. The van der Waals surface area contributed by atoms with Gasteiger partial charge < -0.3 is 10.2 Å². The van der Waals surface area contributed by atoms with Crippen molar-refractivity contribution in [2.75, 3.05) is 25.5 Å². The Morgan fingerprint density at radius 1 is 1.15 bits per heavy atom. The standard InChI is InChI=1S/C24H26F3N5O/c1-13(16-6-5-7-17(20(16)25)21(26)27)28-22-19-12-18(15-8-10-31(3)11-9-15)24(33)32(4)23(19)30-14(2)29-22/h5-8,12-13,21H,9-11H2,1-4H3,(H,28,29,30). The Morgan fingerprint density at radius 2 is 1.88 bits per heavy atom. The predicted octanol–water partition coefficient (Wildman–Crippen LogP) is 4.61. The van der Waals surface area contributed by atoms with E-state index in [4.69, 9.17) is 0 Å². The van der Waals surface area contributed by atoms with Crippen LogP contribution in [0.4, 0.5) is 19.0 Å². The fourth-order valence-corrected chi connectivity index (χ4v) is 4.15. The molecule has 2 aromatic heterocycles. The van der Waals surface area contributed by atoms with Crippen LogP contribution in [0.15, 0.2) is 35.1 Å². The molecule has 1 aliphatic rings. The van der Waals surface area contributed by atoms with Crippen molar-refractivity contribution >= 4 is 22.4 Å². The summed E-state index contributed by atoms with van der Waals surface area (Å²) in [5.41, 5.74) is 1.31. The maximum absolute atomic E-state index is 14.7. The molecule has 0 bridgehead atoms. The third-order valence-electron chi connectivity index (χ3n) is 6.05. The Labute approximate surface area is 189 Å². The van der Waals surface area contributed by atoms with Gasteiger partial charge >= 0.3 is 0 Å². The fourth-order valence-electron chi connectivity index (χ4n) is 4.15. The molecule has 0 fully saturated rings. The average Bonchev–Trinajstić information content (AvgIpc) is 2.77. The van der Waals surface area contributed by atoms with Crippen LogP contribution in [-0.2, 0) is 7.05 Å². The largest absolute Gasteiger partial charge is 0.363 e. The first-order valence-corrected chi connectivity index (χ1v) is 10.8. The molecule has 0 aliphatic carbocycles. The second kappa shape index (κ2) is 8.97. The molecule has 0 radical (unpaired) electrons. The van der Waals surface area contributed by atoms with Crippen molar-refractivity contribution in [1.82, 2.24) is 19.4 Å². The summed E-state index contributed by atoms with van der Waals surface area (Å²) in [6.45, 7) is 4.98. The number of rotatable bonds is 5. The van der Waals surface area contributed by atoms with E-state index in [1.165, 1.54) is 16.7 Å². The monoisotopic (exact) mass is 457 g/mol. The zero-order chi connectivity index (χ0) is 23.9. The van der Waals surface area contributed by atoms with E-state index in [0.29, 0.717) is 28.2 Å². The van der Waals surface area contributed by atoms with Gasteiger partial charge in [0.05, 0.1) is 17.0 Å². The molecule has 0 spiro atoms. The molecule has 0 saturated carbocycles. The highest BCUT2D eigenvalue weighted by atomic mass is 19.3. The van der Waals surface area contributed by atoms with Crippen LogP contribution in [0.5, 0.6) is 0 Å². The first-order chi connectivity index (χ1) is 15.7. The highest BCUT2D eigenvalue weighted by Crippen LogP contribution is 2.31. The van der Waals surface area contributed by atoms with Gasteiger partial charge in [0.1, 0.15) is 23.1 Å². The van der Waals surface area contributed by atoms with Crippen LogP contribution in [0.25, 0.3) is 16.6 Å². The van der Waals surface area contributed by atoms with E-state index in [1.54, 1.807) is 27.0 Å². The second-order valence-corrected chi connectivity index (χ2v) is 8.44. The van der Waals surface area contributed by atoms with Gasteiger partial charge in [-0.25, -0.2) is 23.1 Å². The maximum Gasteiger partial charge on any atom is 0.266 e. The Hall–Kier alpha value is -3.20. The minimum atomic E-state index is -2.90. The molecule has 3 heterocycles. The summed E-state index contributed by atoms with van der Waals surface area (Å²) in [4.78, 5) is 24.2. The van der Waals surface area contributed by atoms with Crippen LogP contribution in [0.3, 0.4) is 0 Å². The predicted molar refractivity (Wildman–Crippen MR) is 123 cm³/mol. The van der Waals surface area contributed by atoms with Crippen molar-refractivity contribution in [3.05, 3.63) is 69.0 Å². The molecule has 1 aromatic carbocycles. The number of nitrogens with one attached hydrogen (secondary N) is 1. The van der Waals surface area contributed by atoms with E-state index in [2.05, 4.69) is 20.2 Å². The molecule has 4 rings (SSSR count). The summed E-state index contributed by atoms with van der Waals surface area (Å²) in [7, 11) is 3.68. The van der Waals surface area contributed by atoms with E-state index < -0.39 is 23.8 Å². The Kier molecular flexibility index (Phi) is 6.25. The molecule has 6 nitrogen and oxygen atoms in total. The number of anilines is 1. The topological polar surface area (TPSA) is 63.1 Å². The summed E-state index contributed by atoms with van der Waals surface area (Å²) in [6.07, 6.45) is -0.115. The number of pyridine rings is 1.